The van der Waals surface area contributed by atoms with Crippen LogP contribution in [0.15, 0.2) is 24.5 Å². The van der Waals surface area contributed by atoms with Gasteiger partial charge in [0.15, 0.2) is 0 Å². The molecule has 6 heteroatoms. The van der Waals surface area contributed by atoms with Crippen molar-refractivity contribution in [1.82, 2.24) is 4.98 Å². The third kappa shape index (κ3) is 3.90. The second-order valence-electron chi connectivity index (χ2n) is 3.14. The zero-order chi connectivity index (χ0) is 12.9. The summed E-state index contributed by atoms with van der Waals surface area (Å²) < 4.78 is 42.0. The Morgan fingerprint density at radius 3 is 2.82 bits per heavy atom. The molecular weight excluding hydrogens is 235 g/mol. The first kappa shape index (κ1) is 13.2. The van der Waals surface area contributed by atoms with Crippen molar-refractivity contribution in [3.8, 4) is 0 Å². The number of rotatable bonds is 3. The van der Waals surface area contributed by atoms with E-state index in [0.717, 1.165) is 18.5 Å². The Kier molecular flexibility index (Phi) is 4.25. The van der Waals surface area contributed by atoms with E-state index >= 15 is 0 Å². The molecule has 0 fully saturated rings. The molecule has 0 aliphatic heterocycles. The lowest BCUT2D eigenvalue weighted by Gasteiger charge is -2.08. The highest BCUT2D eigenvalue weighted by Gasteiger charge is 2.32. The van der Waals surface area contributed by atoms with Crippen molar-refractivity contribution < 1.29 is 22.7 Å². The molecule has 0 aliphatic carbocycles. The van der Waals surface area contributed by atoms with Crippen LogP contribution in [0.3, 0.4) is 0 Å². The van der Waals surface area contributed by atoms with Crippen LogP contribution in [-0.4, -0.2) is 18.1 Å². The average molecular weight is 245 g/mol. The van der Waals surface area contributed by atoms with E-state index in [2.05, 4.69) is 9.72 Å². The second kappa shape index (κ2) is 5.47. The van der Waals surface area contributed by atoms with E-state index in [0.29, 0.717) is 0 Å². The maximum absolute atomic E-state index is 12.5. The van der Waals surface area contributed by atoms with Crippen LogP contribution in [0.4, 0.5) is 13.2 Å². The van der Waals surface area contributed by atoms with Gasteiger partial charge in [0.1, 0.15) is 0 Å². The number of nitrogens with zero attached hydrogens (tertiary/aromatic N) is 1. The Labute approximate surface area is 95.9 Å². The SMILES string of the molecule is COC(=O)CC=Cc1cnccc1C(F)(F)F. The summed E-state index contributed by atoms with van der Waals surface area (Å²) >= 11 is 0. The van der Waals surface area contributed by atoms with Gasteiger partial charge >= 0.3 is 12.1 Å². The third-order valence-corrected chi connectivity index (χ3v) is 1.97. The molecule has 1 aromatic heterocycles. The second-order valence-corrected chi connectivity index (χ2v) is 3.14. The van der Waals surface area contributed by atoms with Gasteiger partial charge in [-0.3, -0.25) is 9.78 Å². The standard InChI is InChI=1S/C11H10F3NO2/c1-17-10(16)4-2-3-8-7-15-6-5-9(8)11(12,13)14/h2-3,5-7H,4H2,1H3. The molecule has 0 saturated carbocycles. The van der Waals surface area contributed by atoms with Gasteiger partial charge in [-0.15, -0.1) is 0 Å². The van der Waals surface area contributed by atoms with E-state index in [9.17, 15) is 18.0 Å². The topological polar surface area (TPSA) is 39.2 Å². The number of hydrogen-bond acceptors (Lipinski definition) is 3. The highest BCUT2D eigenvalue weighted by atomic mass is 19.4. The van der Waals surface area contributed by atoms with E-state index in [1.54, 1.807) is 0 Å². The zero-order valence-electron chi connectivity index (χ0n) is 8.99. The van der Waals surface area contributed by atoms with Crippen molar-refractivity contribution in [2.75, 3.05) is 7.11 Å². The minimum Gasteiger partial charge on any atom is -0.469 e. The molecule has 0 amide bonds. The van der Waals surface area contributed by atoms with Crippen LogP contribution in [0.1, 0.15) is 17.5 Å². The Hall–Kier alpha value is -1.85. The number of halogens is 3. The van der Waals surface area contributed by atoms with Crippen LogP contribution in [-0.2, 0) is 15.7 Å². The molecule has 1 heterocycles. The van der Waals surface area contributed by atoms with Crippen LogP contribution >= 0.6 is 0 Å². The Morgan fingerprint density at radius 1 is 1.53 bits per heavy atom. The fourth-order valence-electron chi connectivity index (χ4n) is 1.16. The van der Waals surface area contributed by atoms with Crippen LogP contribution in [0.25, 0.3) is 6.08 Å². The fourth-order valence-corrected chi connectivity index (χ4v) is 1.16. The normalized spacial score (nSPS) is 11.8. The summed E-state index contributed by atoms with van der Waals surface area (Å²) in [5.74, 6) is -0.515. The number of carbonyl (C=O) groups is 1. The van der Waals surface area contributed by atoms with E-state index in [4.69, 9.17) is 0 Å². The molecule has 0 bridgehead atoms. The number of carbonyl (C=O) groups excluding carboxylic acids is 1. The summed E-state index contributed by atoms with van der Waals surface area (Å²) in [4.78, 5) is 14.4. The minimum atomic E-state index is -4.44. The van der Waals surface area contributed by atoms with Gasteiger partial charge in [0.05, 0.1) is 19.1 Å². The number of ether oxygens (including phenoxy) is 1. The number of hydrogen-bond donors (Lipinski definition) is 0. The van der Waals surface area contributed by atoms with Crippen LogP contribution in [0, 0.1) is 0 Å². The van der Waals surface area contributed by atoms with Crippen molar-refractivity contribution >= 4 is 12.0 Å². The molecule has 1 rings (SSSR count). The van der Waals surface area contributed by atoms with Gasteiger partial charge in [0, 0.05) is 18.0 Å². The summed E-state index contributed by atoms with van der Waals surface area (Å²) in [6.45, 7) is 0. The summed E-state index contributed by atoms with van der Waals surface area (Å²) in [7, 11) is 1.21. The molecule has 0 N–H and O–H groups in total. The van der Waals surface area contributed by atoms with Crippen LogP contribution in [0.5, 0.6) is 0 Å². The summed E-state index contributed by atoms with van der Waals surface area (Å²) in [6, 6.07) is 0.887. The molecule has 0 saturated heterocycles. The molecule has 0 aromatic carbocycles. The van der Waals surface area contributed by atoms with Crippen molar-refractivity contribution in [2.24, 2.45) is 0 Å². The lowest BCUT2D eigenvalue weighted by atomic mass is 10.1. The number of aromatic nitrogens is 1. The van der Waals surface area contributed by atoms with Crippen molar-refractivity contribution in [3.05, 3.63) is 35.7 Å². The maximum atomic E-state index is 12.5. The predicted molar refractivity (Wildman–Crippen MR) is 54.9 cm³/mol. The van der Waals surface area contributed by atoms with Gasteiger partial charge in [-0.2, -0.15) is 13.2 Å². The molecule has 0 aliphatic rings. The van der Waals surface area contributed by atoms with Gasteiger partial charge in [-0.1, -0.05) is 12.2 Å². The first-order valence-electron chi connectivity index (χ1n) is 4.69. The first-order valence-corrected chi connectivity index (χ1v) is 4.69. The molecule has 0 atom stereocenters. The van der Waals surface area contributed by atoms with Crippen LogP contribution in [0.2, 0.25) is 0 Å². The van der Waals surface area contributed by atoms with Gasteiger partial charge in [-0.25, -0.2) is 0 Å². The molecule has 1 aromatic rings. The van der Waals surface area contributed by atoms with E-state index in [1.807, 2.05) is 0 Å². The molecule has 0 unspecified atom stereocenters. The minimum absolute atomic E-state index is 0.0797. The monoisotopic (exact) mass is 245 g/mol. The summed E-state index contributed by atoms with van der Waals surface area (Å²) in [5.41, 5.74) is -0.863. The number of alkyl halides is 3. The lowest BCUT2D eigenvalue weighted by Crippen LogP contribution is -2.07. The van der Waals surface area contributed by atoms with Gasteiger partial charge in [0.25, 0.3) is 0 Å². The Morgan fingerprint density at radius 2 is 2.24 bits per heavy atom. The number of esters is 1. The largest absolute Gasteiger partial charge is 0.469 e. The van der Waals surface area contributed by atoms with Gasteiger partial charge < -0.3 is 4.74 Å². The van der Waals surface area contributed by atoms with E-state index in [1.165, 1.54) is 19.3 Å². The maximum Gasteiger partial charge on any atom is 0.417 e. The fraction of sp³-hybridized carbons (Fsp3) is 0.273. The molecular formula is C11H10F3NO2. The Bertz CT molecular complexity index is 427. The van der Waals surface area contributed by atoms with E-state index < -0.39 is 17.7 Å². The zero-order valence-corrected chi connectivity index (χ0v) is 8.99. The smallest absolute Gasteiger partial charge is 0.417 e. The Balaban J connectivity index is 2.88. The van der Waals surface area contributed by atoms with Crippen LogP contribution < -0.4 is 0 Å². The molecule has 17 heavy (non-hydrogen) atoms. The highest BCUT2D eigenvalue weighted by Crippen LogP contribution is 2.31. The van der Waals surface area contributed by atoms with Gasteiger partial charge in [0.2, 0.25) is 0 Å². The summed E-state index contributed by atoms with van der Waals surface area (Å²) in [5, 5.41) is 0. The molecule has 3 nitrogen and oxygen atoms in total. The van der Waals surface area contributed by atoms with Crippen molar-refractivity contribution in [3.63, 3.8) is 0 Å². The van der Waals surface area contributed by atoms with Crippen molar-refractivity contribution in [1.29, 1.82) is 0 Å². The van der Waals surface area contributed by atoms with Gasteiger partial charge in [-0.05, 0) is 6.07 Å². The number of pyridine rings is 1. The quantitative estimate of drug-likeness (QED) is 0.768. The molecule has 0 spiro atoms. The third-order valence-electron chi connectivity index (χ3n) is 1.97. The summed E-state index contributed by atoms with van der Waals surface area (Å²) in [6.07, 6.45) is 0.151. The van der Waals surface area contributed by atoms with E-state index in [-0.39, 0.29) is 12.0 Å². The molecule has 92 valence electrons. The highest BCUT2D eigenvalue weighted by molar-refractivity contribution is 5.72. The first-order chi connectivity index (χ1) is 7.95. The average Bonchev–Trinajstić information content (AvgIpc) is 2.28. The van der Waals surface area contributed by atoms with Crippen molar-refractivity contribution in [2.45, 2.75) is 12.6 Å². The lowest BCUT2D eigenvalue weighted by molar-refractivity contribution is -0.139. The predicted octanol–water partition coefficient (Wildman–Crippen LogP) is 2.68. The molecule has 0 radical (unpaired) electrons. The number of methoxy groups -OCH3 is 1.